The third kappa shape index (κ3) is 8.05. The predicted molar refractivity (Wildman–Crippen MR) is 108 cm³/mol. The standard InChI is InChI=1S/C17H23N3O2S.2ClH/c1-4-22-14-7-5-12(6-8-14)16-20-13(10-23-16)9-15(21)19-11-17(2,3)18;;/h5-8,10H,4,9,11,18H2,1-3H3,(H,19,21);2*1H. The summed E-state index contributed by atoms with van der Waals surface area (Å²) in [5.41, 5.74) is 7.23. The van der Waals surface area contributed by atoms with E-state index >= 15 is 0 Å². The number of rotatable bonds is 7. The van der Waals surface area contributed by atoms with Gasteiger partial charge in [0.2, 0.25) is 5.91 Å². The lowest BCUT2D eigenvalue weighted by atomic mass is 10.1. The molecular formula is C17H25Cl2N3O2S. The highest BCUT2D eigenvalue weighted by Gasteiger charge is 2.14. The molecule has 0 aliphatic rings. The highest BCUT2D eigenvalue weighted by Crippen LogP contribution is 2.25. The smallest absolute Gasteiger partial charge is 0.226 e. The van der Waals surface area contributed by atoms with Crippen LogP contribution in [0.15, 0.2) is 29.6 Å². The monoisotopic (exact) mass is 405 g/mol. The Morgan fingerprint density at radius 2 is 1.92 bits per heavy atom. The van der Waals surface area contributed by atoms with Crippen molar-refractivity contribution in [2.45, 2.75) is 32.7 Å². The van der Waals surface area contributed by atoms with Gasteiger partial charge in [0.15, 0.2) is 0 Å². The summed E-state index contributed by atoms with van der Waals surface area (Å²) < 4.78 is 5.43. The number of ether oxygens (including phenoxy) is 1. The summed E-state index contributed by atoms with van der Waals surface area (Å²) in [6.07, 6.45) is 0.267. The first-order chi connectivity index (χ1) is 10.9. The Morgan fingerprint density at radius 1 is 1.28 bits per heavy atom. The molecule has 1 aromatic heterocycles. The van der Waals surface area contributed by atoms with E-state index in [2.05, 4.69) is 10.3 Å². The first-order valence-corrected chi connectivity index (χ1v) is 8.48. The summed E-state index contributed by atoms with van der Waals surface area (Å²) in [6, 6.07) is 7.81. The van der Waals surface area contributed by atoms with Crippen LogP contribution in [0.4, 0.5) is 0 Å². The molecule has 1 aromatic carbocycles. The molecule has 1 amide bonds. The zero-order valence-corrected chi connectivity index (χ0v) is 17.0. The van der Waals surface area contributed by atoms with Crippen LogP contribution in [-0.4, -0.2) is 29.6 Å². The van der Waals surface area contributed by atoms with Gasteiger partial charge in [0, 0.05) is 23.0 Å². The number of hydrogen-bond donors (Lipinski definition) is 2. The summed E-state index contributed by atoms with van der Waals surface area (Å²) >= 11 is 1.53. The zero-order valence-electron chi connectivity index (χ0n) is 14.6. The minimum Gasteiger partial charge on any atom is -0.494 e. The summed E-state index contributed by atoms with van der Waals surface area (Å²) in [6.45, 7) is 6.80. The maximum absolute atomic E-state index is 11.9. The normalized spacial score (nSPS) is 10.4. The third-order valence-electron chi connectivity index (χ3n) is 3.05. The highest BCUT2D eigenvalue weighted by molar-refractivity contribution is 7.13. The number of amides is 1. The molecule has 0 bridgehead atoms. The van der Waals surface area contributed by atoms with Crippen molar-refractivity contribution in [3.05, 3.63) is 35.3 Å². The Morgan fingerprint density at radius 3 is 2.48 bits per heavy atom. The van der Waals surface area contributed by atoms with Crippen LogP contribution in [0, 0.1) is 0 Å². The average molecular weight is 406 g/mol. The Hall–Kier alpha value is -1.34. The predicted octanol–water partition coefficient (Wildman–Crippen LogP) is 3.45. The number of nitrogens with zero attached hydrogens (tertiary/aromatic N) is 1. The lowest BCUT2D eigenvalue weighted by Gasteiger charge is -2.18. The van der Waals surface area contributed by atoms with Crippen LogP contribution < -0.4 is 15.8 Å². The van der Waals surface area contributed by atoms with Gasteiger partial charge in [-0.2, -0.15) is 0 Å². The minimum atomic E-state index is -0.412. The van der Waals surface area contributed by atoms with E-state index in [-0.39, 0.29) is 37.1 Å². The van der Waals surface area contributed by atoms with Gasteiger partial charge >= 0.3 is 0 Å². The Labute approximate surface area is 165 Å². The van der Waals surface area contributed by atoms with Crippen LogP contribution in [0.5, 0.6) is 5.75 Å². The van der Waals surface area contributed by atoms with Gasteiger partial charge in [-0.1, -0.05) is 0 Å². The second-order valence-corrected chi connectivity index (χ2v) is 6.90. The van der Waals surface area contributed by atoms with Gasteiger partial charge in [-0.3, -0.25) is 4.79 Å². The van der Waals surface area contributed by atoms with Gasteiger partial charge in [0.25, 0.3) is 0 Å². The van der Waals surface area contributed by atoms with E-state index in [1.54, 1.807) is 0 Å². The number of halogens is 2. The van der Waals surface area contributed by atoms with E-state index in [0.29, 0.717) is 13.2 Å². The summed E-state index contributed by atoms with van der Waals surface area (Å²) in [7, 11) is 0. The van der Waals surface area contributed by atoms with E-state index in [4.69, 9.17) is 10.5 Å². The van der Waals surface area contributed by atoms with Crippen LogP contribution >= 0.6 is 36.2 Å². The summed E-state index contributed by atoms with van der Waals surface area (Å²) in [5.74, 6) is 0.781. The van der Waals surface area contributed by atoms with E-state index < -0.39 is 5.54 Å². The van der Waals surface area contributed by atoms with Crippen molar-refractivity contribution in [3.8, 4) is 16.3 Å². The van der Waals surface area contributed by atoms with E-state index in [1.807, 2.05) is 50.4 Å². The second kappa shape index (κ2) is 10.6. The number of nitrogens with two attached hydrogens (primary N) is 1. The van der Waals surface area contributed by atoms with Gasteiger partial charge in [-0.25, -0.2) is 4.98 Å². The summed E-state index contributed by atoms with van der Waals surface area (Å²) in [4.78, 5) is 16.4. The fourth-order valence-electron chi connectivity index (χ4n) is 1.93. The first-order valence-electron chi connectivity index (χ1n) is 7.60. The lowest BCUT2D eigenvalue weighted by Crippen LogP contribution is -2.45. The van der Waals surface area contributed by atoms with E-state index in [0.717, 1.165) is 22.0 Å². The lowest BCUT2D eigenvalue weighted by molar-refractivity contribution is -0.120. The fourth-order valence-corrected chi connectivity index (χ4v) is 2.76. The molecule has 5 nitrogen and oxygen atoms in total. The van der Waals surface area contributed by atoms with Gasteiger partial charge in [-0.15, -0.1) is 36.2 Å². The van der Waals surface area contributed by atoms with Crippen LogP contribution in [-0.2, 0) is 11.2 Å². The van der Waals surface area contributed by atoms with Crippen molar-refractivity contribution in [2.24, 2.45) is 5.73 Å². The zero-order chi connectivity index (χ0) is 16.9. The Bertz CT molecular complexity index is 655. The molecule has 0 radical (unpaired) electrons. The molecule has 3 N–H and O–H groups in total. The SMILES string of the molecule is CCOc1ccc(-c2nc(CC(=O)NCC(C)(C)N)cs2)cc1.Cl.Cl. The largest absolute Gasteiger partial charge is 0.494 e. The molecule has 2 aromatic rings. The molecule has 0 fully saturated rings. The quantitative estimate of drug-likeness (QED) is 0.739. The maximum Gasteiger partial charge on any atom is 0.226 e. The number of carbonyl (C=O) groups is 1. The molecule has 0 unspecified atom stereocenters. The van der Waals surface area contributed by atoms with Crippen LogP contribution in [0.2, 0.25) is 0 Å². The molecule has 25 heavy (non-hydrogen) atoms. The molecule has 1 heterocycles. The third-order valence-corrected chi connectivity index (χ3v) is 3.99. The van der Waals surface area contributed by atoms with Gasteiger partial charge in [0.1, 0.15) is 10.8 Å². The maximum atomic E-state index is 11.9. The molecule has 8 heteroatoms. The second-order valence-electron chi connectivity index (χ2n) is 6.04. The van der Waals surface area contributed by atoms with Gasteiger partial charge < -0.3 is 15.8 Å². The van der Waals surface area contributed by atoms with Crippen LogP contribution in [0.1, 0.15) is 26.5 Å². The molecule has 0 aliphatic heterocycles. The first kappa shape index (κ1) is 23.7. The van der Waals surface area contributed by atoms with Crippen LogP contribution in [0.25, 0.3) is 10.6 Å². The summed E-state index contributed by atoms with van der Waals surface area (Å²) in [5, 5.41) is 5.64. The number of benzene rings is 1. The van der Waals surface area contributed by atoms with E-state index in [9.17, 15) is 4.79 Å². The molecule has 0 saturated heterocycles. The van der Waals surface area contributed by atoms with Crippen molar-refractivity contribution in [1.29, 1.82) is 0 Å². The topological polar surface area (TPSA) is 77.2 Å². The molecular weight excluding hydrogens is 381 g/mol. The fraction of sp³-hybridized carbons (Fsp3) is 0.412. The number of carbonyl (C=O) groups excluding carboxylic acids is 1. The minimum absolute atomic E-state index is 0. The van der Waals surface area contributed by atoms with Crippen molar-refractivity contribution in [2.75, 3.05) is 13.2 Å². The van der Waals surface area contributed by atoms with Gasteiger partial charge in [0.05, 0.1) is 18.7 Å². The molecule has 0 atom stereocenters. The van der Waals surface area contributed by atoms with Crippen molar-refractivity contribution in [3.63, 3.8) is 0 Å². The average Bonchev–Trinajstić information content (AvgIpc) is 2.94. The number of nitrogens with one attached hydrogen (secondary N) is 1. The molecule has 140 valence electrons. The van der Waals surface area contributed by atoms with E-state index in [1.165, 1.54) is 11.3 Å². The molecule has 0 spiro atoms. The van der Waals surface area contributed by atoms with Crippen molar-refractivity contribution >= 4 is 42.1 Å². The molecule has 0 aliphatic carbocycles. The molecule has 0 saturated carbocycles. The van der Waals surface area contributed by atoms with Crippen LogP contribution in [0.3, 0.4) is 0 Å². The Kier molecular flexibility index (Phi) is 10.0. The Balaban J connectivity index is 0.00000288. The van der Waals surface area contributed by atoms with Gasteiger partial charge in [-0.05, 0) is 45.0 Å². The molecule has 2 rings (SSSR count). The number of thiazole rings is 1. The van der Waals surface area contributed by atoms with Crippen molar-refractivity contribution < 1.29 is 9.53 Å². The van der Waals surface area contributed by atoms with Crippen molar-refractivity contribution in [1.82, 2.24) is 10.3 Å². The number of hydrogen-bond acceptors (Lipinski definition) is 5. The number of aromatic nitrogens is 1. The highest BCUT2D eigenvalue weighted by atomic mass is 35.5.